The minimum absolute atomic E-state index is 0.0352. The molecule has 2 aliphatic heterocycles. The van der Waals surface area contributed by atoms with Gasteiger partial charge < -0.3 is 13.9 Å². The molecule has 8 aromatic rings. The van der Waals surface area contributed by atoms with Gasteiger partial charge in [0.25, 0.3) is 6.71 Å². The number of aryl methyl sites for hydroxylation is 2. The van der Waals surface area contributed by atoms with Crippen LogP contribution in [0, 0.1) is 0 Å². The molecule has 0 amide bonds. The van der Waals surface area contributed by atoms with Gasteiger partial charge >= 0.3 is 0 Å². The van der Waals surface area contributed by atoms with Crippen LogP contribution >= 0.6 is 0 Å². The van der Waals surface area contributed by atoms with E-state index in [0.29, 0.717) is 0 Å². The summed E-state index contributed by atoms with van der Waals surface area (Å²) in [5.74, 6) is 1.98. The van der Waals surface area contributed by atoms with E-state index < -0.39 is 0 Å². The molecule has 254 valence electrons. The summed E-state index contributed by atoms with van der Waals surface area (Å²) in [6, 6.07) is 50.4. The smallest absolute Gasteiger partial charge is 0.251 e. The van der Waals surface area contributed by atoms with Gasteiger partial charge in [0, 0.05) is 33.3 Å². The standard InChI is InChI=1S/C49H39BN2O/c1-2-49(31-15-4-3-5-16-31)37-21-8-9-23-39(37)50-40-29-32(51-41-24-10-6-17-33(41)35-19-12-26-42(35)51)30-45(48(40)53-46-28-14-22-38(49)47(46)50)52-43-25-11-7-18-34(43)36-20-13-27-44(36)52/h3-11,14-18,21-25,28-30H,2,12-13,19-20,26-27H2,1H3. The van der Waals surface area contributed by atoms with Gasteiger partial charge in [0.1, 0.15) is 11.5 Å². The molecule has 53 heavy (non-hydrogen) atoms. The van der Waals surface area contributed by atoms with E-state index in [1.54, 1.807) is 0 Å². The average molecular weight is 683 g/mol. The highest BCUT2D eigenvalue weighted by Crippen LogP contribution is 2.47. The van der Waals surface area contributed by atoms with Crippen molar-refractivity contribution in [1.29, 1.82) is 0 Å². The Labute approximate surface area is 310 Å². The van der Waals surface area contributed by atoms with Crippen molar-refractivity contribution >= 4 is 44.9 Å². The van der Waals surface area contributed by atoms with Crippen molar-refractivity contribution in [2.75, 3.05) is 0 Å². The number of nitrogens with zero attached hydrogens (tertiary/aromatic N) is 2. The van der Waals surface area contributed by atoms with Gasteiger partial charge in [0.2, 0.25) is 0 Å². The minimum Gasteiger partial charge on any atom is -0.456 e. The van der Waals surface area contributed by atoms with Gasteiger partial charge in [-0.1, -0.05) is 116 Å². The number of hydrogen-bond donors (Lipinski definition) is 0. The van der Waals surface area contributed by atoms with Crippen LogP contribution in [-0.2, 0) is 31.1 Å². The van der Waals surface area contributed by atoms with E-state index >= 15 is 0 Å². The van der Waals surface area contributed by atoms with Crippen LogP contribution in [0.25, 0.3) is 33.2 Å². The number of rotatable bonds is 4. The van der Waals surface area contributed by atoms with Crippen molar-refractivity contribution in [2.24, 2.45) is 0 Å². The quantitative estimate of drug-likeness (QED) is 0.170. The number of benzene rings is 6. The molecule has 6 aromatic carbocycles. The van der Waals surface area contributed by atoms with Crippen LogP contribution in [0.5, 0.6) is 11.5 Å². The first-order valence-corrected chi connectivity index (χ1v) is 19.6. The Bertz CT molecular complexity index is 2820. The first kappa shape index (κ1) is 29.8. The number of hydrogen-bond acceptors (Lipinski definition) is 1. The zero-order valence-electron chi connectivity index (χ0n) is 30.0. The molecule has 0 N–H and O–H groups in total. The van der Waals surface area contributed by atoms with Crippen LogP contribution in [0.3, 0.4) is 0 Å². The van der Waals surface area contributed by atoms with Gasteiger partial charge in [-0.05, 0) is 114 Å². The molecule has 0 spiro atoms. The predicted molar refractivity (Wildman–Crippen MR) is 218 cm³/mol. The molecule has 2 aromatic heterocycles. The summed E-state index contributed by atoms with van der Waals surface area (Å²) in [4.78, 5) is 0. The monoisotopic (exact) mass is 682 g/mol. The highest BCUT2D eigenvalue weighted by Gasteiger charge is 2.49. The third-order valence-electron chi connectivity index (χ3n) is 13.3. The summed E-state index contributed by atoms with van der Waals surface area (Å²) in [5, 5.41) is 2.78. The highest BCUT2D eigenvalue weighted by molar-refractivity contribution is 6.98. The molecule has 2 aliphatic carbocycles. The second-order valence-corrected chi connectivity index (χ2v) is 15.6. The summed E-state index contributed by atoms with van der Waals surface area (Å²) >= 11 is 0. The van der Waals surface area contributed by atoms with E-state index in [9.17, 15) is 0 Å². The molecule has 4 heterocycles. The predicted octanol–water partition coefficient (Wildman–Crippen LogP) is 9.23. The normalized spacial score (nSPS) is 17.7. The van der Waals surface area contributed by atoms with Gasteiger partial charge in [-0.15, -0.1) is 0 Å². The van der Waals surface area contributed by atoms with Gasteiger partial charge in [-0.3, -0.25) is 0 Å². The van der Waals surface area contributed by atoms with Crippen LogP contribution in [-0.4, -0.2) is 15.8 Å². The molecule has 1 unspecified atom stereocenters. The lowest BCUT2D eigenvalue weighted by Crippen LogP contribution is -2.63. The van der Waals surface area contributed by atoms with E-state index in [-0.39, 0.29) is 12.1 Å². The summed E-state index contributed by atoms with van der Waals surface area (Å²) in [6.45, 7) is 2.39. The Hall–Kier alpha value is -5.74. The van der Waals surface area contributed by atoms with Crippen molar-refractivity contribution in [3.05, 3.63) is 173 Å². The van der Waals surface area contributed by atoms with E-state index in [1.165, 1.54) is 95.9 Å². The molecule has 0 saturated heterocycles. The summed E-state index contributed by atoms with van der Waals surface area (Å²) in [5.41, 5.74) is 18.7. The lowest BCUT2D eigenvalue weighted by molar-refractivity contribution is 0.481. The number of fused-ring (bicyclic) bond motifs is 10. The number of ether oxygens (including phenoxy) is 1. The van der Waals surface area contributed by atoms with Gasteiger partial charge in [0.15, 0.2) is 0 Å². The van der Waals surface area contributed by atoms with Gasteiger partial charge in [-0.25, -0.2) is 0 Å². The van der Waals surface area contributed by atoms with E-state index in [2.05, 4.69) is 150 Å². The molecule has 0 bridgehead atoms. The molecular formula is C49H39BN2O. The third-order valence-corrected chi connectivity index (χ3v) is 13.3. The van der Waals surface area contributed by atoms with E-state index in [0.717, 1.165) is 49.3 Å². The number of para-hydroxylation sites is 2. The molecule has 0 saturated carbocycles. The fourth-order valence-electron chi connectivity index (χ4n) is 11.3. The Morgan fingerprint density at radius 3 is 2.00 bits per heavy atom. The summed E-state index contributed by atoms with van der Waals surface area (Å²) in [6.07, 6.45) is 7.80. The molecule has 4 heteroatoms. The average Bonchev–Trinajstić information content (AvgIpc) is 4.00. The van der Waals surface area contributed by atoms with Crippen LogP contribution in [0.4, 0.5) is 0 Å². The first-order chi connectivity index (χ1) is 26.3. The number of aromatic nitrogens is 2. The molecule has 1 atom stereocenters. The Kier molecular flexibility index (Phi) is 6.13. The molecule has 0 fully saturated rings. The Balaban J connectivity index is 1.21. The van der Waals surface area contributed by atoms with Gasteiger partial charge in [-0.2, -0.15) is 0 Å². The van der Waals surface area contributed by atoms with Gasteiger partial charge in [0.05, 0.1) is 16.7 Å². The van der Waals surface area contributed by atoms with Crippen molar-refractivity contribution in [2.45, 2.75) is 57.3 Å². The molecular weight excluding hydrogens is 643 g/mol. The first-order valence-electron chi connectivity index (χ1n) is 19.6. The van der Waals surface area contributed by atoms with Crippen LogP contribution in [0.2, 0.25) is 0 Å². The summed E-state index contributed by atoms with van der Waals surface area (Å²) < 4.78 is 12.6. The highest BCUT2D eigenvalue weighted by atomic mass is 16.5. The molecule has 12 rings (SSSR count). The second kappa shape index (κ2) is 10.9. The van der Waals surface area contributed by atoms with Crippen molar-refractivity contribution < 1.29 is 4.74 Å². The fourth-order valence-corrected chi connectivity index (χ4v) is 11.3. The Morgan fingerprint density at radius 1 is 0.604 bits per heavy atom. The lowest BCUT2D eigenvalue weighted by atomic mass is 9.30. The third kappa shape index (κ3) is 3.81. The molecule has 0 radical (unpaired) electrons. The summed E-state index contributed by atoms with van der Waals surface area (Å²) in [7, 11) is 0. The van der Waals surface area contributed by atoms with Crippen molar-refractivity contribution in [3.8, 4) is 22.9 Å². The van der Waals surface area contributed by atoms with E-state index in [1.807, 2.05) is 0 Å². The second-order valence-electron chi connectivity index (χ2n) is 15.6. The van der Waals surface area contributed by atoms with E-state index in [4.69, 9.17) is 4.74 Å². The van der Waals surface area contributed by atoms with Crippen molar-refractivity contribution in [1.82, 2.24) is 9.13 Å². The largest absolute Gasteiger partial charge is 0.456 e. The van der Waals surface area contributed by atoms with Crippen LogP contribution in [0.1, 0.15) is 65.4 Å². The maximum atomic E-state index is 7.40. The molecule has 4 aliphatic rings. The van der Waals surface area contributed by atoms with Crippen LogP contribution < -0.4 is 21.1 Å². The van der Waals surface area contributed by atoms with Crippen LogP contribution in [0.15, 0.2) is 133 Å². The minimum atomic E-state index is -0.282. The fraction of sp³-hybridized carbons (Fsp3) is 0.184. The maximum absolute atomic E-state index is 7.40. The Morgan fingerprint density at radius 2 is 1.25 bits per heavy atom. The zero-order chi connectivity index (χ0) is 34.8. The van der Waals surface area contributed by atoms with Crippen molar-refractivity contribution in [3.63, 3.8) is 0 Å². The lowest BCUT2D eigenvalue weighted by Gasteiger charge is -2.45. The SMILES string of the molecule is CCC1(c2ccccc2)c2ccccc2B2c3cc(-n4c5c(c6ccccc64)CCC5)cc(-n4c5c(c6ccccc64)CCC5)c3Oc3cccc1c32. The topological polar surface area (TPSA) is 19.1 Å². The zero-order valence-corrected chi connectivity index (χ0v) is 30.0. The maximum Gasteiger partial charge on any atom is 0.251 e. The molecule has 3 nitrogen and oxygen atoms in total.